The number of benzene rings is 12. The molecule has 0 saturated carbocycles. The van der Waals surface area contributed by atoms with E-state index in [2.05, 4.69) is 6.07 Å². The molecule has 538 valence electrons. The number of ketones is 2. The maximum Gasteiger partial charge on any atom is 0.343 e. The van der Waals surface area contributed by atoms with Gasteiger partial charge in [-0.25, -0.2) is 28.8 Å². The summed E-state index contributed by atoms with van der Waals surface area (Å²) in [6, 6.07) is 79.9. The fourth-order valence-electron chi connectivity index (χ4n) is 12.0. The van der Waals surface area contributed by atoms with E-state index in [0.717, 1.165) is 56.7 Å². The van der Waals surface area contributed by atoms with Gasteiger partial charge in [-0.15, -0.1) is 0 Å². The summed E-state index contributed by atoms with van der Waals surface area (Å²) >= 11 is 0. The highest BCUT2D eigenvalue weighted by Gasteiger charge is 2.21. The quantitative estimate of drug-likeness (QED) is 0.0185. The number of hydrogen-bond donors (Lipinski definition) is 0. The molecule has 0 saturated heterocycles. The summed E-state index contributed by atoms with van der Waals surface area (Å²) in [5.74, 6) is -0.00526. The first kappa shape index (κ1) is 74.1. The minimum Gasteiger partial charge on any atom is -0.496 e. The Labute approximate surface area is 625 Å². The third-order valence-electron chi connectivity index (χ3n) is 18.0. The normalized spacial score (nSPS) is 10.8. The summed E-state index contributed by atoms with van der Waals surface area (Å²) in [6.07, 6.45) is 3.53. The Morgan fingerprint density at radius 1 is 0.278 bits per heavy atom. The number of ether oxygens (including phenoxy) is 8. The van der Waals surface area contributed by atoms with Crippen molar-refractivity contribution in [2.75, 3.05) is 13.7 Å². The maximum atomic E-state index is 13.5. The van der Waals surface area contributed by atoms with E-state index < -0.39 is 35.8 Å². The zero-order valence-electron chi connectivity index (χ0n) is 59.7. The van der Waals surface area contributed by atoms with Crippen molar-refractivity contribution in [2.24, 2.45) is 0 Å². The first-order valence-electron chi connectivity index (χ1n) is 35.1. The molecule has 0 heterocycles. The Bertz CT molecular complexity index is 5260. The van der Waals surface area contributed by atoms with Gasteiger partial charge in [-0.1, -0.05) is 140 Å². The van der Waals surface area contributed by atoms with E-state index >= 15 is 0 Å². The number of hydrogen-bond acceptors (Lipinski definition) is 16. The SMILES string of the molecule is COc1ccc(Cc2ccc(OC(=O)c3ccc(C(=O)Oc4ccc(Cc5ccc(OC(=O)c6ccc(C(=O)CCCCOc7ccc(Cc8ccccc8OC(=O)c8ccc(C(=O)Oc9ccccc9Cc9ccccc9OC(=O)c9ccc(C(C)=O)cc9)cc8)cc7)cc6)cc5)cc4)cc3)c(C)c2)cc1C. The van der Waals surface area contributed by atoms with Crippen molar-refractivity contribution in [1.82, 2.24) is 0 Å². The summed E-state index contributed by atoms with van der Waals surface area (Å²) in [7, 11) is 1.65. The molecular weight excluding hydrogens is 1360 g/mol. The van der Waals surface area contributed by atoms with E-state index in [4.69, 9.17) is 37.9 Å². The first-order chi connectivity index (χ1) is 52.4. The predicted octanol–water partition coefficient (Wildman–Crippen LogP) is 18.6. The van der Waals surface area contributed by atoms with Crippen LogP contribution in [0.2, 0.25) is 0 Å². The molecule has 0 aliphatic heterocycles. The molecule has 0 bridgehead atoms. The second-order valence-corrected chi connectivity index (χ2v) is 25.8. The molecule has 108 heavy (non-hydrogen) atoms. The van der Waals surface area contributed by atoms with Crippen molar-refractivity contribution < 1.29 is 76.3 Å². The topological polar surface area (TPSA) is 210 Å². The minimum atomic E-state index is -0.642. The second kappa shape index (κ2) is 35.3. The summed E-state index contributed by atoms with van der Waals surface area (Å²) in [5, 5.41) is 0. The minimum absolute atomic E-state index is 0.0580. The van der Waals surface area contributed by atoms with Gasteiger partial charge in [0, 0.05) is 30.4 Å². The summed E-state index contributed by atoms with van der Waals surface area (Å²) < 4.78 is 46.0. The number of carbonyl (C=O) groups is 8. The van der Waals surface area contributed by atoms with Gasteiger partial charge in [-0.3, -0.25) is 9.59 Å². The van der Waals surface area contributed by atoms with Crippen LogP contribution >= 0.6 is 0 Å². The molecule has 0 aliphatic carbocycles. The van der Waals surface area contributed by atoms with E-state index in [1.165, 1.54) is 55.5 Å². The molecule has 12 rings (SSSR count). The Kier molecular flexibility index (Phi) is 24.2. The number of unbranched alkanes of at least 4 members (excludes halogenated alkanes) is 1. The number of para-hydroxylation sites is 3. The Morgan fingerprint density at radius 3 is 0.981 bits per heavy atom. The van der Waals surface area contributed by atoms with Crippen molar-refractivity contribution in [2.45, 2.75) is 65.7 Å². The van der Waals surface area contributed by atoms with Crippen LogP contribution in [-0.4, -0.2) is 61.1 Å². The van der Waals surface area contributed by atoms with E-state index in [-0.39, 0.29) is 45.8 Å². The van der Waals surface area contributed by atoms with Crippen LogP contribution in [0.25, 0.3) is 0 Å². The lowest BCUT2D eigenvalue weighted by Gasteiger charge is -2.13. The molecular formula is C92H74O16. The van der Waals surface area contributed by atoms with Crippen LogP contribution in [0.3, 0.4) is 0 Å². The smallest absolute Gasteiger partial charge is 0.343 e. The first-order valence-corrected chi connectivity index (χ1v) is 35.1. The van der Waals surface area contributed by atoms with Crippen LogP contribution in [0.4, 0.5) is 0 Å². The Balaban J connectivity index is 0.532. The summed E-state index contributed by atoms with van der Waals surface area (Å²) in [4.78, 5) is 104. The molecule has 0 atom stereocenters. The van der Waals surface area contributed by atoms with Gasteiger partial charge in [0.1, 0.15) is 46.0 Å². The Morgan fingerprint density at radius 2 is 0.593 bits per heavy atom. The molecule has 0 spiro atoms. The number of esters is 6. The van der Waals surface area contributed by atoms with Crippen LogP contribution in [0, 0.1) is 13.8 Å². The number of methoxy groups -OCH3 is 1. The van der Waals surface area contributed by atoms with Gasteiger partial charge in [0.2, 0.25) is 0 Å². The van der Waals surface area contributed by atoms with E-state index in [1.807, 2.05) is 123 Å². The molecule has 12 aromatic rings. The van der Waals surface area contributed by atoms with Crippen molar-refractivity contribution >= 4 is 47.4 Å². The predicted molar refractivity (Wildman–Crippen MR) is 408 cm³/mol. The third-order valence-corrected chi connectivity index (χ3v) is 18.0. The molecule has 0 radical (unpaired) electrons. The molecule has 0 N–H and O–H groups in total. The standard InChI is InChI=1S/C92H74O16/c1-59-53-65(26-50-82(59)101-4)56-66-27-51-83(60(2)54-66)105-89(97)72-38-36-70(37-39-72)88(96)104-80-48-24-63(25-49-80)55-62-22-46-79(47-23-62)103-87(95)69-34-30-68(31-35-69)81(94)16-11-12-52-102-78-44-20-64(21-45-78)57-75-13-5-8-17-84(75)106-91(99)73-40-42-74(43-41-73)92(100)108-86-19-10-7-15-77(86)58-76-14-6-9-18-85(76)107-90(98)71-32-28-67(29-33-71)61(3)93/h5-10,13-15,17-51,53-54H,11-12,16,52,55-58H2,1-4H3. The monoisotopic (exact) mass is 1430 g/mol. The zero-order valence-corrected chi connectivity index (χ0v) is 59.7. The molecule has 0 amide bonds. The van der Waals surface area contributed by atoms with Gasteiger partial charge in [0.25, 0.3) is 0 Å². The molecule has 0 unspecified atom stereocenters. The molecule has 0 aromatic heterocycles. The van der Waals surface area contributed by atoms with Gasteiger partial charge < -0.3 is 37.9 Å². The van der Waals surface area contributed by atoms with E-state index in [9.17, 15) is 38.4 Å². The molecule has 16 nitrogen and oxygen atoms in total. The van der Waals surface area contributed by atoms with Crippen molar-refractivity contribution in [3.63, 3.8) is 0 Å². The summed E-state index contributed by atoms with van der Waals surface area (Å²) in [5.41, 5.74) is 11.6. The zero-order chi connectivity index (χ0) is 75.5. The molecule has 16 heteroatoms. The maximum absolute atomic E-state index is 13.5. The average molecular weight is 1440 g/mol. The third kappa shape index (κ3) is 19.8. The van der Waals surface area contributed by atoms with Crippen molar-refractivity contribution in [3.05, 3.63) is 379 Å². The highest BCUT2D eigenvalue weighted by molar-refractivity contribution is 5.99. The second-order valence-electron chi connectivity index (χ2n) is 25.8. The van der Waals surface area contributed by atoms with Gasteiger partial charge in [-0.05, 0) is 242 Å². The lowest BCUT2D eigenvalue weighted by atomic mass is 10.0. The van der Waals surface area contributed by atoms with Crippen LogP contribution in [0.1, 0.15) is 165 Å². The van der Waals surface area contributed by atoms with Crippen molar-refractivity contribution in [3.8, 4) is 46.0 Å². The number of Topliss-reactive ketones (excluding diaryl/α,β-unsaturated/α-hetero) is 2. The van der Waals surface area contributed by atoms with Crippen LogP contribution in [0.15, 0.2) is 279 Å². The van der Waals surface area contributed by atoms with Crippen LogP contribution in [-0.2, 0) is 25.7 Å². The van der Waals surface area contributed by atoms with Gasteiger partial charge in [0.05, 0.1) is 47.1 Å². The fourth-order valence-corrected chi connectivity index (χ4v) is 12.0. The lowest BCUT2D eigenvalue weighted by molar-refractivity contribution is 0.0719. The fraction of sp³-hybridized carbons (Fsp3) is 0.130. The highest BCUT2D eigenvalue weighted by atomic mass is 16.6. The highest BCUT2D eigenvalue weighted by Crippen LogP contribution is 2.31. The average Bonchev–Trinajstić information content (AvgIpc) is 0.825. The van der Waals surface area contributed by atoms with Crippen LogP contribution < -0.4 is 37.9 Å². The van der Waals surface area contributed by atoms with Crippen LogP contribution in [0.5, 0.6) is 46.0 Å². The largest absolute Gasteiger partial charge is 0.496 e. The molecule has 0 aliphatic rings. The van der Waals surface area contributed by atoms with E-state index in [1.54, 1.807) is 122 Å². The van der Waals surface area contributed by atoms with Gasteiger partial charge >= 0.3 is 35.8 Å². The van der Waals surface area contributed by atoms with Gasteiger partial charge in [-0.2, -0.15) is 0 Å². The Hall–Kier alpha value is -13.6. The van der Waals surface area contributed by atoms with Crippen molar-refractivity contribution in [1.29, 1.82) is 0 Å². The molecule has 0 fully saturated rings. The lowest BCUT2D eigenvalue weighted by Crippen LogP contribution is -2.13. The summed E-state index contributed by atoms with van der Waals surface area (Å²) in [6.45, 7) is 5.75. The molecule has 12 aromatic carbocycles. The number of aryl methyl sites for hydroxylation is 2. The number of carbonyl (C=O) groups excluding carboxylic acids is 8. The van der Waals surface area contributed by atoms with E-state index in [0.29, 0.717) is 107 Å². The number of rotatable bonds is 29. The van der Waals surface area contributed by atoms with Gasteiger partial charge in [0.15, 0.2) is 11.6 Å².